The number of alkyl halides is 3. The number of nitrogens with one attached hydrogen (secondary N) is 1. The molecule has 138 valence electrons. The first kappa shape index (κ1) is 18.4. The van der Waals surface area contributed by atoms with Gasteiger partial charge in [0, 0.05) is 18.0 Å². The van der Waals surface area contributed by atoms with Gasteiger partial charge in [0.2, 0.25) is 0 Å². The third kappa shape index (κ3) is 3.87. The summed E-state index contributed by atoms with van der Waals surface area (Å²) in [6.07, 6.45) is -1.47. The van der Waals surface area contributed by atoms with Crippen molar-refractivity contribution in [3.8, 4) is 0 Å². The molecule has 1 aliphatic rings. The van der Waals surface area contributed by atoms with E-state index in [0.29, 0.717) is 11.9 Å². The minimum Gasteiger partial charge on any atom is -0.369 e. The van der Waals surface area contributed by atoms with Crippen molar-refractivity contribution in [1.82, 2.24) is 9.97 Å². The van der Waals surface area contributed by atoms with Gasteiger partial charge in [0.25, 0.3) is 5.69 Å². The zero-order chi connectivity index (χ0) is 19.1. The van der Waals surface area contributed by atoms with E-state index in [-0.39, 0.29) is 11.6 Å². The average molecular weight is 387 g/mol. The van der Waals surface area contributed by atoms with Gasteiger partial charge in [0.15, 0.2) is 5.82 Å². The monoisotopic (exact) mass is 386 g/mol. The molecule has 0 bridgehead atoms. The number of nitro benzene ring substituents is 1. The Morgan fingerprint density at radius 1 is 1.38 bits per heavy atom. The average Bonchev–Trinajstić information content (AvgIpc) is 3.35. The lowest BCUT2D eigenvalue weighted by Crippen LogP contribution is -2.18. The van der Waals surface area contributed by atoms with Gasteiger partial charge >= 0.3 is 6.18 Å². The molecular weight excluding hydrogens is 373 g/mol. The van der Waals surface area contributed by atoms with Gasteiger partial charge < -0.3 is 5.32 Å². The standard InChI is InChI=1S/C16H14ClF3N4O2/c1-8-4-5-21-15(22-8)14(9-2-3-9)23-12-7-11(17)10(16(18,19)20)6-13(12)24(25)26/h4-7,9,14,23H,2-3H2,1H3/t14-/m0/s1. The zero-order valence-corrected chi connectivity index (χ0v) is 14.3. The lowest BCUT2D eigenvalue weighted by Gasteiger charge is -2.19. The van der Waals surface area contributed by atoms with E-state index in [1.54, 1.807) is 19.2 Å². The Kier molecular flexibility index (Phi) is 4.74. The molecular formula is C16H14ClF3N4O2. The first-order valence-corrected chi connectivity index (χ1v) is 8.16. The summed E-state index contributed by atoms with van der Waals surface area (Å²) >= 11 is 5.73. The molecule has 1 N–H and O–H groups in total. The normalized spacial score (nSPS) is 15.6. The first-order valence-electron chi connectivity index (χ1n) is 7.78. The molecule has 1 aromatic heterocycles. The van der Waals surface area contributed by atoms with Crippen LogP contribution < -0.4 is 5.32 Å². The summed E-state index contributed by atoms with van der Waals surface area (Å²) in [5.41, 5.74) is -1.30. The highest BCUT2D eigenvalue weighted by molar-refractivity contribution is 6.31. The molecule has 1 aliphatic carbocycles. The van der Waals surface area contributed by atoms with E-state index in [4.69, 9.17) is 11.6 Å². The second kappa shape index (κ2) is 6.71. The molecule has 0 aliphatic heterocycles. The summed E-state index contributed by atoms with van der Waals surface area (Å²) in [5, 5.41) is 13.6. The molecule has 6 nitrogen and oxygen atoms in total. The molecule has 1 saturated carbocycles. The molecule has 2 aromatic rings. The van der Waals surface area contributed by atoms with Crippen LogP contribution in [0.3, 0.4) is 0 Å². The van der Waals surface area contributed by atoms with E-state index < -0.39 is 33.4 Å². The number of aromatic nitrogens is 2. The second-order valence-electron chi connectivity index (χ2n) is 6.12. The maximum atomic E-state index is 13.0. The fraction of sp³-hybridized carbons (Fsp3) is 0.375. The summed E-state index contributed by atoms with van der Waals surface area (Å²) < 4.78 is 39.0. The van der Waals surface area contributed by atoms with Crippen LogP contribution >= 0.6 is 11.6 Å². The lowest BCUT2D eigenvalue weighted by molar-refractivity contribution is -0.384. The van der Waals surface area contributed by atoms with Gasteiger partial charge in [-0.3, -0.25) is 10.1 Å². The highest BCUT2D eigenvalue weighted by Gasteiger charge is 2.38. The summed E-state index contributed by atoms with van der Waals surface area (Å²) in [4.78, 5) is 19.0. The molecule has 0 saturated heterocycles. The Morgan fingerprint density at radius 3 is 2.62 bits per heavy atom. The molecule has 0 radical (unpaired) electrons. The smallest absolute Gasteiger partial charge is 0.369 e. The summed E-state index contributed by atoms with van der Waals surface area (Å²) in [6, 6.07) is 2.66. The van der Waals surface area contributed by atoms with Crippen LogP contribution in [-0.2, 0) is 6.18 Å². The molecule has 1 aromatic carbocycles. The molecule has 10 heteroatoms. The number of hydrogen-bond donors (Lipinski definition) is 1. The maximum Gasteiger partial charge on any atom is 0.418 e. The number of aryl methyl sites for hydroxylation is 1. The molecule has 1 fully saturated rings. The maximum absolute atomic E-state index is 13.0. The highest BCUT2D eigenvalue weighted by Crippen LogP contribution is 2.45. The van der Waals surface area contributed by atoms with Crippen molar-refractivity contribution >= 4 is 23.0 Å². The van der Waals surface area contributed by atoms with Crippen molar-refractivity contribution in [1.29, 1.82) is 0 Å². The molecule has 0 spiro atoms. The molecule has 3 rings (SSSR count). The van der Waals surface area contributed by atoms with Crippen molar-refractivity contribution in [3.63, 3.8) is 0 Å². The predicted molar refractivity (Wildman–Crippen MR) is 89.0 cm³/mol. The summed E-state index contributed by atoms with van der Waals surface area (Å²) in [6.45, 7) is 1.78. The van der Waals surface area contributed by atoms with Crippen LogP contribution in [0.25, 0.3) is 0 Å². The first-order chi connectivity index (χ1) is 12.2. The van der Waals surface area contributed by atoms with Gasteiger partial charge in [-0.15, -0.1) is 0 Å². The lowest BCUT2D eigenvalue weighted by atomic mass is 10.1. The number of nitro groups is 1. The van der Waals surface area contributed by atoms with E-state index >= 15 is 0 Å². The minimum atomic E-state index is -4.78. The second-order valence-corrected chi connectivity index (χ2v) is 6.53. The van der Waals surface area contributed by atoms with Crippen LogP contribution in [0.4, 0.5) is 24.5 Å². The van der Waals surface area contributed by atoms with Gasteiger partial charge in [-0.1, -0.05) is 11.6 Å². The number of halogens is 4. The van der Waals surface area contributed by atoms with Crippen molar-refractivity contribution in [2.45, 2.75) is 32.0 Å². The topological polar surface area (TPSA) is 81.0 Å². The Morgan fingerprint density at radius 2 is 2.08 bits per heavy atom. The van der Waals surface area contributed by atoms with Gasteiger partial charge in [0.1, 0.15) is 5.69 Å². The van der Waals surface area contributed by atoms with Crippen LogP contribution in [0, 0.1) is 23.0 Å². The van der Waals surface area contributed by atoms with E-state index in [9.17, 15) is 23.3 Å². The highest BCUT2D eigenvalue weighted by atomic mass is 35.5. The van der Waals surface area contributed by atoms with Crippen LogP contribution in [0.1, 0.15) is 36.0 Å². The van der Waals surface area contributed by atoms with Gasteiger partial charge in [0.05, 0.1) is 21.6 Å². The van der Waals surface area contributed by atoms with Crippen LogP contribution in [0.2, 0.25) is 5.02 Å². The Balaban J connectivity index is 2.02. The number of rotatable bonds is 5. The SMILES string of the molecule is Cc1ccnc([C@@H](Nc2cc(Cl)c(C(F)(F)F)cc2[N+](=O)[O-])C2CC2)n1. The van der Waals surface area contributed by atoms with Gasteiger partial charge in [-0.05, 0) is 37.8 Å². The van der Waals surface area contributed by atoms with E-state index in [0.717, 1.165) is 24.6 Å². The number of benzene rings is 1. The van der Waals surface area contributed by atoms with Gasteiger partial charge in [-0.25, -0.2) is 9.97 Å². The van der Waals surface area contributed by atoms with Crippen molar-refractivity contribution in [2.75, 3.05) is 5.32 Å². The number of nitrogens with zero attached hydrogens (tertiary/aromatic N) is 3. The fourth-order valence-corrected chi connectivity index (χ4v) is 2.93. The minimum absolute atomic E-state index is 0.0880. The molecule has 1 heterocycles. The quantitative estimate of drug-likeness (QED) is 0.582. The zero-order valence-electron chi connectivity index (χ0n) is 13.5. The predicted octanol–water partition coefficient (Wildman–Crippen LogP) is 4.93. The molecule has 0 unspecified atom stereocenters. The number of hydrogen-bond acceptors (Lipinski definition) is 5. The Hall–Kier alpha value is -2.42. The third-order valence-electron chi connectivity index (χ3n) is 4.08. The molecule has 0 amide bonds. The van der Waals surface area contributed by atoms with E-state index in [1.165, 1.54) is 0 Å². The third-order valence-corrected chi connectivity index (χ3v) is 4.40. The number of anilines is 1. The largest absolute Gasteiger partial charge is 0.418 e. The van der Waals surface area contributed by atoms with Crippen molar-refractivity contribution < 1.29 is 18.1 Å². The van der Waals surface area contributed by atoms with E-state index in [1.807, 2.05) is 0 Å². The van der Waals surface area contributed by atoms with Crippen molar-refractivity contribution in [2.24, 2.45) is 5.92 Å². The van der Waals surface area contributed by atoms with Gasteiger partial charge in [-0.2, -0.15) is 13.2 Å². The van der Waals surface area contributed by atoms with Crippen molar-refractivity contribution in [3.05, 3.63) is 56.6 Å². The molecule has 26 heavy (non-hydrogen) atoms. The Bertz CT molecular complexity index is 856. The molecule has 1 atom stereocenters. The van der Waals surface area contributed by atoms with E-state index in [2.05, 4.69) is 15.3 Å². The fourth-order valence-electron chi connectivity index (χ4n) is 2.65. The van der Waals surface area contributed by atoms with Crippen LogP contribution in [0.15, 0.2) is 24.4 Å². The van der Waals surface area contributed by atoms with Crippen LogP contribution in [-0.4, -0.2) is 14.9 Å². The Labute approximate surface area is 151 Å². The summed E-state index contributed by atoms with van der Waals surface area (Å²) in [5.74, 6) is 0.593. The van der Waals surface area contributed by atoms with Crippen LogP contribution in [0.5, 0.6) is 0 Å². The summed E-state index contributed by atoms with van der Waals surface area (Å²) in [7, 11) is 0.